The van der Waals surface area contributed by atoms with Gasteiger partial charge < -0.3 is 5.32 Å². The van der Waals surface area contributed by atoms with Crippen LogP contribution < -0.4 is 5.32 Å². The molecule has 2 atom stereocenters. The summed E-state index contributed by atoms with van der Waals surface area (Å²) in [6.07, 6.45) is 18.7. The third kappa shape index (κ3) is 3.72. The third-order valence-corrected chi connectivity index (χ3v) is 4.05. The minimum Gasteiger partial charge on any atom is -0.382 e. The summed E-state index contributed by atoms with van der Waals surface area (Å²) in [7, 11) is 0. The third-order valence-electron chi connectivity index (χ3n) is 4.05. The van der Waals surface area contributed by atoms with Crippen LogP contribution in [0.25, 0.3) is 0 Å². The Hall–Kier alpha value is -2.09. The Balaban J connectivity index is 2.44. The van der Waals surface area contributed by atoms with Crippen LogP contribution in [-0.2, 0) is 4.79 Å². The Morgan fingerprint density at radius 2 is 2.29 bits per heavy atom. The van der Waals surface area contributed by atoms with Crippen molar-refractivity contribution in [3.05, 3.63) is 72.0 Å². The molecule has 2 bridgehead atoms. The summed E-state index contributed by atoms with van der Waals surface area (Å²) in [5, 5.41) is 3.47. The summed E-state index contributed by atoms with van der Waals surface area (Å²) in [5.41, 5.74) is 3.22. The van der Waals surface area contributed by atoms with Gasteiger partial charge in [-0.25, -0.2) is 0 Å². The lowest BCUT2D eigenvalue weighted by Gasteiger charge is -2.37. The van der Waals surface area contributed by atoms with Gasteiger partial charge in [0.1, 0.15) is 6.29 Å². The minimum atomic E-state index is -0.118. The molecule has 0 aromatic carbocycles. The van der Waals surface area contributed by atoms with Crippen LogP contribution in [0.5, 0.6) is 0 Å². The summed E-state index contributed by atoms with van der Waals surface area (Å²) in [6.45, 7) is 8.37. The molecule has 2 nitrogen and oxygen atoms in total. The van der Waals surface area contributed by atoms with Crippen LogP contribution in [0.15, 0.2) is 72.0 Å². The first kappa shape index (κ1) is 15.3. The van der Waals surface area contributed by atoms with E-state index < -0.39 is 0 Å². The molecule has 0 saturated heterocycles. The van der Waals surface area contributed by atoms with E-state index in [1.165, 1.54) is 5.57 Å². The van der Waals surface area contributed by atoms with Crippen molar-refractivity contribution in [3.63, 3.8) is 0 Å². The van der Waals surface area contributed by atoms with Crippen molar-refractivity contribution in [2.45, 2.75) is 32.2 Å². The number of hydrogen-bond donors (Lipinski definition) is 1. The van der Waals surface area contributed by atoms with Crippen LogP contribution in [0.2, 0.25) is 0 Å². The SMILES string of the molecule is C=C1/C=C\C=C/NC2(C)C=C(C(/C=C\C)=C/C=O)CC1C2. The molecule has 1 N–H and O–H groups in total. The van der Waals surface area contributed by atoms with Gasteiger partial charge in [0.15, 0.2) is 0 Å². The Morgan fingerprint density at radius 1 is 1.48 bits per heavy atom. The van der Waals surface area contributed by atoms with Gasteiger partial charge in [-0.05, 0) is 62.1 Å². The zero-order valence-corrected chi connectivity index (χ0v) is 12.8. The first-order valence-electron chi connectivity index (χ1n) is 7.38. The number of allylic oxidation sites excluding steroid dienone is 9. The second-order valence-electron chi connectivity index (χ2n) is 5.89. The molecule has 2 aliphatic rings. The van der Waals surface area contributed by atoms with Crippen molar-refractivity contribution in [2.24, 2.45) is 5.92 Å². The van der Waals surface area contributed by atoms with E-state index in [0.29, 0.717) is 5.92 Å². The molecule has 2 heteroatoms. The van der Waals surface area contributed by atoms with E-state index in [1.807, 2.05) is 37.4 Å². The van der Waals surface area contributed by atoms with E-state index in [0.717, 1.165) is 30.3 Å². The number of nitrogens with one attached hydrogen (secondary N) is 1. The zero-order valence-electron chi connectivity index (χ0n) is 12.8. The number of carbonyl (C=O) groups excluding carboxylic acids is 1. The minimum absolute atomic E-state index is 0.118. The van der Waals surface area contributed by atoms with Gasteiger partial charge in [-0.3, -0.25) is 4.79 Å². The average Bonchev–Trinajstić information content (AvgIpc) is 2.49. The predicted molar refractivity (Wildman–Crippen MR) is 88.7 cm³/mol. The van der Waals surface area contributed by atoms with Crippen LogP contribution >= 0.6 is 0 Å². The second-order valence-corrected chi connectivity index (χ2v) is 5.89. The molecule has 0 amide bonds. The van der Waals surface area contributed by atoms with Crippen molar-refractivity contribution in [1.29, 1.82) is 0 Å². The fourth-order valence-corrected chi connectivity index (χ4v) is 3.05. The van der Waals surface area contributed by atoms with Crippen molar-refractivity contribution in [2.75, 3.05) is 0 Å². The monoisotopic (exact) mass is 281 g/mol. The Bertz CT molecular complexity index is 574. The van der Waals surface area contributed by atoms with Crippen LogP contribution in [0, 0.1) is 5.92 Å². The summed E-state index contributed by atoms with van der Waals surface area (Å²) < 4.78 is 0. The van der Waals surface area contributed by atoms with Gasteiger partial charge in [0, 0.05) is 0 Å². The predicted octanol–water partition coefficient (Wildman–Crippen LogP) is 4.01. The molecule has 0 fully saturated rings. The van der Waals surface area contributed by atoms with Crippen molar-refractivity contribution >= 4 is 6.29 Å². The van der Waals surface area contributed by atoms with Crippen LogP contribution in [0.1, 0.15) is 26.7 Å². The highest BCUT2D eigenvalue weighted by molar-refractivity contribution is 5.70. The lowest BCUT2D eigenvalue weighted by atomic mass is 9.73. The lowest BCUT2D eigenvalue weighted by Crippen LogP contribution is -2.41. The molecule has 1 aliphatic carbocycles. The number of fused-ring (bicyclic) bond motifs is 2. The van der Waals surface area contributed by atoms with Gasteiger partial charge in [-0.1, -0.05) is 42.5 Å². The highest BCUT2D eigenvalue weighted by atomic mass is 16.1. The summed E-state index contributed by atoms with van der Waals surface area (Å²) >= 11 is 0. The smallest absolute Gasteiger partial charge is 0.143 e. The summed E-state index contributed by atoms with van der Waals surface area (Å²) in [6, 6.07) is 0. The van der Waals surface area contributed by atoms with E-state index in [1.54, 1.807) is 6.08 Å². The van der Waals surface area contributed by atoms with Gasteiger partial charge >= 0.3 is 0 Å². The van der Waals surface area contributed by atoms with E-state index in [2.05, 4.69) is 31.0 Å². The van der Waals surface area contributed by atoms with E-state index >= 15 is 0 Å². The molecule has 0 saturated carbocycles. The molecule has 1 heterocycles. The highest BCUT2D eigenvalue weighted by Gasteiger charge is 2.32. The molecule has 0 spiro atoms. The molecule has 0 aromatic heterocycles. The van der Waals surface area contributed by atoms with Gasteiger partial charge in [-0.15, -0.1) is 0 Å². The maximum absolute atomic E-state index is 10.9. The first-order chi connectivity index (χ1) is 10.1. The van der Waals surface area contributed by atoms with Crippen LogP contribution in [-0.4, -0.2) is 11.8 Å². The quantitative estimate of drug-likeness (QED) is 0.481. The van der Waals surface area contributed by atoms with Gasteiger partial charge in [0.25, 0.3) is 0 Å². The van der Waals surface area contributed by atoms with E-state index in [4.69, 9.17) is 0 Å². The molecule has 1 aliphatic heterocycles. The Labute approximate surface area is 127 Å². The molecule has 2 rings (SSSR count). The van der Waals surface area contributed by atoms with Gasteiger partial charge in [-0.2, -0.15) is 0 Å². The van der Waals surface area contributed by atoms with Gasteiger partial charge in [0.05, 0.1) is 5.54 Å². The highest BCUT2D eigenvalue weighted by Crippen LogP contribution is 2.38. The van der Waals surface area contributed by atoms with Crippen molar-refractivity contribution in [3.8, 4) is 0 Å². The topological polar surface area (TPSA) is 29.1 Å². The molecule has 0 aromatic rings. The number of rotatable bonds is 3. The largest absolute Gasteiger partial charge is 0.382 e. The van der Waals surface area contributed by atoms with Gasteiger partial charge in [0.2, 0.25) is 0 Å². The van der Waals surface area contributed by atoms with Crippen LogP contribution in [0.4, 0.5) is 0 Å². The maximum Gasteiger partial charge on any atom is 0.143 e. The fraction of sp³-hybridized carbons (Fsp3) is 0.316. The normalized spacial score (nSPS) is 32.5. The number of carbonyl (C=O) groups is 1. The summed E-state index contributed by atoms with van der Waals surface area (Å²) in [4.78, 5) is 10.9. The number of aldehydes is 1. The molecular weight excluding hydrogens is 258 g/mol. The molecule has 0 radical (unpaired) electrons. The zero-order chi connectivity index (χ0) is 15.3. The standard InChI is InChI=1S/C19H23NO/c1-4-7-16(9-11-21)18-12-17-13-19(3,14-18)20-10-6-5-8-15(17)2/h4-11,14,17,20H,2,12-13H2,1,3H3/b7-4-,8-5-,10-6-,16-9+. The summed E-state index contributed by atoms with van der Waals surface area (Å²) in [5.74, 6) is 0.388. The van der Waals surface area contributed by atoms with E-state index in [-0.39, 0.29) is 5.54 Å². The lowest BCUT2D eigenvalue weighted by molar-refractivity contribution is -0.104. The fourth-order valence-electron chi connectivity index (χ4n) is 3.05. The number of hydrogen-bond acceptors (Lipinski definition) is 2. The maximum atomic E-state index is 10.9. The molecule has 110 valence electrons. The van der Waals surface area contributed by atoms with Crippen LogP contribution in [0.3, 0.4) is 0 Å². The first-order valence-corrected chi connectivity index (χ1v) is 7.38. The average molecular weight is 281 g/mol. The molecule has 2 unspecified atom stereocenters. The molecular formula is C19H23NO. The molecule has 21 heavy (non-hydrogen) atoms. The van der Waals surface area contributed by atoms with Crippen molar-refractivity contribution < 1.29 is 4.79 Å². The van der Waals surface area contributed by atoms with Crippen molar-refractivity contribution in [1.82, 2.24) is 5.32 Å². The Kier molecular flexibility index (Phi) is 4.79. The second kappa shape index (κ2) is 6.57. The Morgan fingerprint density at radius 3 is 3.00 bits per heavy atom. The van der Waals surface area contributed by atoms with E-state index in [9.17, 15) is 4.79 Å².